The van der Waals surface area contributed by atoms with E-state index in [2.05, 4.69) is 16.4 Å². The van der Waals surface area contributed by atoms with Gasteiger partial charge in [-0.05, 0) is 36.4 Å². The van der Waals surface area contributed by atoms with Crippen LogP contribution in [0, 0.1) is 0 Å². The summed E-state index contributed by atoms with van der Waals surface area (Å²) in [4.78, 5) is 17.0. The molecule has 0 spiro atoms. The molecule has 2 aromatic carbocycles. The van der Waals surface area contributed by atoms with Crippen molar-refractivity contribution in [2.24, 2.45) is 7.05 Å². The van der Waals surface area contributed by atoms with Gasteiger partial charge in [-0.2, -0.15) is 0 Å². The molecule has 0 saturated heterocycles. The molecule has 4 aromatic rings. The van der Waals surface area contributed by atoms with Gasteiger partial charge in [0.15, 0.2) is 0 Å². The van der Waals surface area contributed by atoms with E-state index in [4.69, 9.17) is 0 Å². The van der Waals surface area contributed by atoms with Crippen molar-refractivity contribution in [2.75, 3.05) is 5.32 Å². The lowest BCUT2D eigenvalue weighted by atomic mass is 10.2. The Morgan fingerprint density at radius 2 is 1.96 bits per heavy atom. The van der Waals surface area contributed by atoms with Crippen LogP contribution in [0.15, 0.2) is 66.9 Å². The van der Waals surface area contributed by atoms with E-state index in [1.165, 1.54) is 0 Å². The van der Waals surface area contributed by atoms with Crippen LogP contribution in [0.5, 0.6) is 0 Å². The molecule has 0 aliphatic heterocycles. The largest absolute Gasteiger partial charge is 0.347 e. The molecular formula is C19H15N3OS. The van der Waals surface area contributed by atoms with E-state index < -0.39 is 0 Å². The van der Waals surface area contributed by atoms with E-state index in [1.807, 2.05) is 61.8 Å². The summed E-state index contributed by atoms with van der Waals surface area (Å²) in [6.45, 7) is 0. The van der Waals surface area contributed by atoms with Gasteiger partial charge < -0.3 is 9.88 Å². The van der Waals surface area contributed by atoms with E-state index >= 15 is 0 Å². The summed E-state index contributed by atoms with van der Waals surface area (Å²) in [5, 5.41) is 3.90. The molecule has 0 saturated carbocycles. The first-order valence-corrected chi connectivity index (χ1v) is 8.41. The van der Waals surface area contributed by atoms with Crippen molar-refractivity contribution in [3.63, 3.8) is 0 Å². The number of aryl methyl sites for hydroxylation is 1. The smallest absolute Gasteiger partial charge is 0.272 e. The second-order valence-electron chi connectivity index (χ2n) is 5.53. The number of aromatic nitrogens is 2. The van der Waals surface area contributed by atoms with Gasteiger partial charge >= 0.3 is 0 Å². The van der Waals surface area contributed by atoms with Crippen LogP contribution in [0.25, 0.3) is 20.8 Å². The Labute approximate surface area is 143 Å². The average molecular weight is 333 g/mol. The Bertz CT molecular complexity index is 999. The number of anilines is 1. The van der Waals surface area contributed by atoms with Crippen LogP contribution in [0.1, 0.15) is 10.5 Å². The summed E-state index contributed by atoms with van der Waals surface area (Å²) < 4.78 is 2.96. The number of rotatable bonds is 3. The van der Waals surface area contributed by atoms with Crippen molar-refractivity contribution in [1.82, 2.24) is 9.55 Å². The standard InChI is InChI=1S/C19H15N3OS/c1-22-11-5-9-16(22)18(23)20-14-7-4-6-13(12-14)19-21-15-8-2-3-10-17(15)24-19/h2-12H,1H3,(H,20,23). The quantitative estimate of drug-likeness (QED) is 0.598. The van der Waals surface area contributed by atoms with Gasteiger partial charge in [0.05, 0.1) is 10.2 Å². The molecule has 1 amide bonds. The van der Waals surface area contributed by atoms with E-state index in [0.717, 1.165) is 26.5 Å². The van der Waals surface area contributed by atoms with Crippen molar-refractivity contribution in [3.05, 3.63) is 72.6 Å². The predicted molar refractivity (Wildman–Crippen MR) is 98.4 cm³/mol. The van der Waals surface area contributed by atoms with Crippen LogP contribution in [-0.4, -0.2) is 15.5 Å². The number of hydrogen-bond acceptors (Lipinski definition) is 3. The highest BCUT2D eigenvalue weighted by Gasteiger charge is 2.11. The number of carbonyl (C=O) groups excluding carboxylic acids is 1. The molecule has 0 aliphatic rings. The van der Waals surface area contributed by atoms with E-state index in [-0.39, 0.29) is 5.91 Å². The van der Waals surface area contributed by atoms with Crippen molar-refractivity contribution in [3.8, 4) is 10.6 Å². The molecule has 24 heavy (non-hydrogen) atoms. The summed E-state index contributed by atoms with van der Waals surface area (Å²) in [6.07, 6.45) is 1.85. The van der Waals surface area contributed by atoms with Crippen molar-refractivity contribution >= 4 is 33.1 Å². The maximum atomic E-state index is 12.3. The Morgan fingerprint density at radius 1 is 1.08 bits per heavy atom. The van der Waals surface area contributed by atoms with Gasteiger partial charge in [0.1, 0.15) is 10.7 Å². The average Bonchev–Trinajstić information content (AvgIpc) is 3.21. The zero-order valence-corrected chi connectivity index (χ0v) is 13.9. The molecule has 1 N–H and O–H groups in total. The highest BCUT2D eigenvalue weighted by atomic mass is 32.1. The lowest BCUT2D eigenvalue weighted by molar-refractivity contribution is 0.101. The Balaban J connectivity index is 1.64. The monoisotopic (exact) mass is 333 g/mol. The van der Waals surface area contributed by atoms with Crippen LogP contribution in [-0.2, 0) is 7.05 Å². The summed E-state index contributed by atoms with van der Waals surface area (Å²) in [6, 6.07) is 19.5. The Kier molecular flexibility index (Phi) is 3.63. The molecule has 2 aromatic heterocycles. The fourth-order valence-corrected chi connectivity index (χ4v) is 3.58. The number of carbonyl (C=O) groups is 1. The Hall–Kier alpha value is -2.92. The lowest BCUT2D eigenvalue weighted by Crippen LogP contribution is -2.15. The van der Waals surface area contributed by atoms with Gasteiger partial charge in [-0.1, -0.05) is 24.3 Å². The van der Waals surface area contributed by atoms with Gasteiger partial charge in [0, 0.05) is 24.5 Å². The molecule has 0 bridgehead atoms. The SMILES string of the molecule is Cn1cccc1C(=O)Nc1cccc(-c2nc3ccccc3s2)c1. The van der Waals surface area contributed by atoms with Crippen LogP contribution < -0.4 is 5.32 Å². The molecule has 0 radical (unpaired) electrons. The highest BCUT2D eigenvalue weighted by Crippen LogP contribution is 2.31. The number of hydrogen-bond donors (Lipinski definition) is 1. The van der Waals surface area contributed by atoms with Crippen LogP contribution in [0.4, 0.5) is 5.69 Å². The molecule has 118 valence electrons. The molecule has 0 aliphatic carbocycles. The topological polar surface area (TPSA) is 46.9 Å². The number of fused-ring (bicyclic) bond motifs is 1. The lowest BCUT2D eigenvalue weighted by Gasteiger charge is -2.07. The van der Waals surface area contributed by atoms with Crippen molar-refractivity contribution < 1.29 is 4.79 Å². The maximum Gasteiger partial charge on any atom is 0.272 e. The zero-order chi connectivity index (χ0) is 16.5. The summed E-state index contributed by atoms with van der Waals surface area (Å²) in [7, 11) is 1.85. The molecular weight excluding hydrogens is 318 g/mol. The summed E-state index contributed by atoms with van der Waals surface area (Å²) in [5.41, 5.74) is 3.38. The Morgan fingerprint density at radius 3 is 2.75 bits per heavy atom. The number of nitrogens with one attached hydrogen (secondary N) is 1. The fraction of sp³-hybridized carbons (Fsp3) is 0.0526. The molecule has 0 unspecified atom stereocenters. The molecule has 4 nitrogen and oxygen atoms in total. The van der Waals surface area contributed by atoms with Crippen molar-refractivity contribution in [1.29, 1.82) is 0 Å². The van der Waals surface area contributed by atoms with E-state index in [0.29, 0.717) is 5.69 Å². The van der Waals surface area contributed by atoms with Crippen LogP contribution in [0.2, 0.25) is 0 Å². The number of nitrogens with zero attached hydrogens (tertiary/aromatic N) is 2. The minimum Gasteiger partial charge on any atom is -0.347 e. The second kappa shape index (κ2) is 5.94. The number of thiazole rings is 1. The first-order chi connectivity index (χ1) is 11.7. The minimum absolute atomic E-state index is 0.121. The molecule has 4 rings (SSSR count). The summed E-state index contributed by atoms with van der Waals surface area (Å²) in [5.74, 6) is -0.121. The van der Waals surface area contributed by atoms with Crippen molar-refractivity contribution in [2.45, 2.75) is 0 Å². The second-order valence-corrected chi connectivity index (χ2v) is 6.56. The molecule has 0 atom stereocenters. The van der Waals surface area contributed by atoms with Gasteiger partial charge in [0.2, 0.25) is 0 Å². The van der Waals surface area contributed by atoms with Crippen LogP contribution in [0.3, 0.4) is 0 Å². The number of benzene rings is 2. The molecule has 0 fully saturated rings. The first kappa shape index (κ1) is 14.7. The fourth-order valence-electron chi connectivity index (χ4n) is 2.62. The van der Waals surface area contributed by atoms with Gasteiger partial charge in [-0.25, -0.2) is 4.98 Å². The third-order valence-corrected chi connectivity index (χ3v) is 4.92. The summed E-state index contributed by atoms with van der Waals surface area (Å²) >= 11 is 1.65. The molecule has 5 heteroatoms. The maximum absolute atomic E-state index is 12.3. The van der Waals surface area contributed by atoms with Crippen LogP contribution >= 0.6 is 11.3 Å². The first-order valence-electron chi connectivity index (χ1n) is 7.59. The minimum atomic E-state index is -0.121. The normalized spacial score (nSPS) is 10.9. The van der Waals surface area contributed by atoms with E-state index in [9.17, 15) is 4.79 Å². The number of para-hydroxylation sites is 1. The number of amides is 1. The van der Waals surface area contributed by atoms with Gasteiger partial charge in [-0.3, -0.25) is 4.79 Å². The molecule has 2 heterocycles. The predicted octanol–water partition coefficient (Wildman–Crippen LogP) is 4.55. The third-order valence-electron chi connectivity index (χ3n) is 3.84. The highest BCUT2D eigenvalue weighted by molar-refractivity contribution is 7.21. The van der Waals surface area contributed by atoms with Gasteiger partial charge in [-0.15, -0.1) is 11.3 Å². The third kappa shape index (κ3) is 2.70. The van der Waals surface area contributed by atoms with Gasteiger partial charge in [0.25, 0.3) is 5.91 Å². The van der Waals surface area contributed by atoms with E-state index in [1.54, 1.807) is 22.0 Å². The zero-order valence-electron chi connectivity index (χ0n) is 13.1.